The van der Waals surface area contributed by atoms with Crippen molar-refractivity contribution in [2.75, 3.05) is 0 Å². The topological polar surface area (TPSA) is 78.0 Å². The Morgan fingerprint density at radius 3 is 2.48 bits per heavy atom. The molecule has 0 N–H and O–H groups in total. The number of nitrogens with zero attached hydrogens (tertiary/aromatic N) is 3. The van der Waals surface area contributed by atoms with Crippen molar-refractivity contribution < 1.29 is 4.92 Å². The zero-order valence-electron chi connectivity index (χ0n) is 15.0. The Kier molecular flexibility index (Phi) is 4.93. The summed E-state index contributed by atoms with van der Waals surface area (Å²) in [4.78, 5) is 28.4. The Balaban J connectivity index is 1.90. The maximum absolute atomic E-state index is 13.1. The highest BCUT2D eigenvalue weighted by atomic mass is 35.5. The lowest BCUT2D eigenvalue weighted by Crippen LogP contribution is -2.19. The molecule has 4 aromatic rings. The van der Waals surface area contributed by atoms with E-state index in [4.69, 9.17) is 11.6 Å². The van der Waals surface area contributed by atoms with Crippen molar-refractivity contribution >= 4 is 40.5 Å². The number of rotatable bonds is 4. The number of hydrogen-bond acceptors (Lipinski definition) is 4. The summed E-state index contributed by atoms with van der Waals surface area (Å²) in [5, 5.41) is 11.7. The third-order valence-corrected chi connectivity index (χ3v) is 4.74. The van der Waals surface area contributed by atoms with Crippen LogP contribution in [0.2, 0.25) is 5.02 Å². The second-order valence-electron chi connectivity index (χ2n) is 6.28. The van der Waals surface area contributed by atoms with Crippen molar-refractivity contribution in [3.8, 4) is 11.4 Å². The zero-order chi connectivity index (χ0) is 20.4. The van der Waals surface area contributed by atoms with E-state index in [1.807, 2.05) is 36.4 Å². The highest BCUT2D eigenvalue weighted by molar-refractivity contribution is 6.32. The lowest BCUT2D eigenvalue weighted by atomic mass is 10.1. The summed E-state index contributed by atoms with van der Waals surface area (Å²) < 4.78 is 1.44. The number of para-hydroxylation sites is 1. The van der Waals surface area contributed by atoms with E-state index in [0.717, 1.165) is 5.56 Å². The summed E-state index contributed by atoms with van der Waals surface area (Å²) in [6.07, 6.45) is 3.19. The lowest BCUT2D eigenvalue weighted by molar-refractivity contribution is -0.384. The first-order valence-electron chi connectivity index (χ1n) is 8.73. The molecular weight excluding hydrogens is 390 g/mol. The molecule has 6 nitrogen and oxygen atoms in total. The molecule has 0 bridgehead atoms. The Bertz CT molecular complexity index is 1310. The number of aromatic nitrogens is 2. The first kappa shape index (κ1) is 18.6. The number of nitro groups is 1. The van der Waals surface area contributed by atoms with Crippen LogP contribution in [-0.2, 0) is 0 Å². The van der Waals surface area contributed by atoms with Gasteiger partial charge < -0.3 is 0 Å². The molecule has 0 spiro atoms. The van der Waals surface area contributed by atoms with E-state index >= 15 is 0 Å². The van der Waals surface area contributed by atoms with E-state index in [0.29, 0.717) is 22.3 Å². The van der Waals surface area contributed by atoms with E-state index < -0.39 is 4.92 Å². The quantitative estimate of drug-likeness (QED) is 0.344. The molecule has 0 amide bonds. The fourth-order valence-corrected chi connectivity index (χ4v) is 3.20. The van der Waals surface area contributed by atoms with E-state index in [-0.39, 0.29) is 16.3 Å². The van der Waals surface area contributed by atoms with Crippen LogP contribution in [0.3, 0.4) is 0 Å². The lowest BCUT2D eigenvalue weighted by Gasteiger charge is -2.10. The molecule has 142 valence electrons. The molecule has 7 heteroatoms. The van der Waals surface area contributed by atoms with Crippen LogP contribution in [0.25, 0.3) is 34.6 Å². The fourth-order valence-electron chi connectivity index (χ4n) is 3.01. The monoisotopic (exact) mass is 403 g/mol. The van der Waals surface area contributed by atoms with Gasteiger partial charge in [0.25, 0.3) is 11.2 Å². The van der Waals surface area contributed by atoms with E-state index in [2.05, 4.69) is 4.98 Å². The third kappa shape index (κ3) is 3.66. The van der Waals surface area contributed by atoms with E-state index in [9.17, 15) is 14.9 Å². The maximum Gasteiger partial charge on any atom is 0.288 e. The number of hydrogen-bond donors (Lipinski definition) is 0. The molecule has 1 aromatic heterocycles. The SMILES string of the molecule is O=c1c2ccccc2nc(-c2ccccc2)n1/C=C/c1ccc(Cl)c([N+](=O)[O-])c1. The van der Waals surface area contributed by atoms with Crippen molar-refractivity contribution in [1.29, 1.82) is 0 Å². The van der Waals surface area contributed by atoms with Crippen LogP contribution in [0, 0.1) is 10.1 Å². The molecule has 0 saturated carbocycles. The molecule has 0 aliphatic heterocycles. The predicted molar refractivity (Wildman–Crippen MR) is 115 cm³/mol. The van der Waals surface area contributed by atoms with Gasteiger partial charge in [-0.3, -0.25) is 19.5 Å². The molecular formula is C22H14ClN3O3. The first-order valence-corrected chi connectivity index (χ1v) is 9.11. The van der Waals surface area contributed by atoms with Crippen LogP contribution in [0.15, 0.2) is 77.6 Å². The molecule has 0 atom stereocenters. The summed E-state index contributed by atoms with van der Waals surface area (Å²) in [6, 6.07) is 20.9. The summed E-state index contributed by atoms with van der Waals surface area (Å²) >= 11 is 5.87. The molecule has 3 aromatic carbocycles. The number of fused-ring (bicyclic) bond motifs is 1. The normalized spacial score (nSPS) is 11.2. The zero-order valence-corrected chi connectivity index (χ0v) is 15.8. The maximum atomic E-state index is 13.1. The minimum atomic E-state index is -0.543. The Labute approximate surface area is 170 Å². The molecule has 1 heterocycles. The smallest absolute Gasteiger partial charge is 0.268 e. The van der Waals surface area contributed by atoms with Gasteiger partial charge in [-0.1, -0.05) is 60.1 Å². The van der Waals surface area contributed by atoms with Gasteiger partial charge in [0.1, 0.15) is 10.8 Å². The second-order valence-corrected chi connectivity index (χ2v) is 6.68. The predicted octanol–water partition coefficient (Wildman–Crippen LogP) is 5.25. The molecule has 0 aliphatic carbocycles. The van der Waals surface area contributed by atoms with Crippen LogP contribution >= 0.6 is 11.6 Å². The van der Waals surface area contributed by atoms with Crippen LogP contribution in [-0.4, -0.2) is 14.5 Å². The van der Waals surface area contributed by atoms with E-state index in [1.54, 1.807) is 36.5 Å². The van der Waals surface area contributed by atoms with Crippen molar-refractivity contribution in [3.05, 3.63) is 104 Å². The van der Waals surface area contributed by atoms with Crippen LogP contribution in [0.4, 0.5) is 5.69 Å². The average molecular weight is 404 g/mol. The van der Waals surface area contributed by atoms with Crippen LogP contribution in [0.1, 0.15) is 5.56 Å². The molecule has 0 unspecified atom stereocenters. The second kappa shape index (κ2) is 7.69. The Morgan fingerprint density at radius 2 is 1.72 bits per heavy atom. The molecule has 0 fully saturated rings. The van der Waals surface area contributed by atoms with Crippen molar-refractivity contribution in [1.82, 2.24) is 9.55 Å². The van der Waals surface area contributed by atoms with Gasteiger partial charge in [-0.05, 0) is 29.8 Å². The highest BCUT2D eigenvalue weighted by Crippen LogP contribution is 2.26. The molecule has 0 saturated heterocycles. The van der Waals surface area contributed by atoms with Gasteiger partial charge in [-0.15, -0.1) is 0 Å². The Hall–Kier alpha value is -3.77. The summed E-state index contributed by atoms with van der Waals surface area (Å²) in [5.41, 5.74) is 1.50. The van der Waals surface area contributed by atoms with Gasteiger partial charge in [-0.2, -0.15) is 0 Å². The number of halogens is 1. The fraction of sp³-hybridized carbons (Fsp3) is 0. The highest BCUT2D eigenvalue weighted by Gasteiger charge is 2.13. The molecule has 29 heavy (non-hydrogen) atoms. The summed E-state index contributed by atoms with van der Waals surface area (Å²) in [7, 11) is 0. The van der Waals surface area contributed by atoms with Gasteiger partial charge in [0.2, 0.25) is 0 Å². The number of nitro benzene ring substituents is 1. The molecule has 0 radical (unpaired) electrons. The van der Waals surface area contributed by atoms with Crippen molar-refractivity contribution in [2.45, 2.75) is 0 Å². The van der Waals surface area contributed by atoms with Gasteiger partial charge in [0, 0.05) is 17.8 Å². The van der Waals surface area contributed by atoms with Gasteiger partial charge >= 0.3 is 0 Å². The largest absolute Gasteiger partial charge is 0.288 e. The molecule has 4 rings (SSSR count). The standard InChI is InChI=1S/C22H14ClN3O3/c23-18-11-10-15(14-20(18)26(28)29)12-13-25-21(16-6-2-1-3-7-16)24-19-9-5-4-8-17(19)22(25)27/h1-14H/b13-12+. The summed E-state index contributed by atoms with van der Waals surface area (Å²) in [6.45, 7) is 0. The minimum absolute atomic E-state index is 0.0571. The van der Waals surface area contributed by atoms with Crippen molar-refractivity contribution in [2.24, 2.45) is 0 Å². The first-order chi connectivity index (χ1) is 14.0. The van der Waals surface area contributed by atoms with Crippen molar-refractivity contribution in [3.63, 3.8) is 0 Å². The van der Waals surface area contributed by atoms with Crippen LogP contribution in [0.5, 0.6) is 0 Å². The Morgan fingerprint density at radius 1 is 1.00 bits per heavy atom. The third-order valence-electron chi connectivity index (χ3n) is 4.42. The van der Waals surface area contributed by atoms with Crippen LogP contribution < -0.4 is 5.56 Å². The molecule has 0 aliphatic rings. The average Bonchev–Trinajstić information content (AvgIpc) is 2.74. The number of benzene rings is 3. The summed E-state index contributed by atoms with van der Waals surface area (Å²) in [5.74, 6) is 0.481. The van der Waals surface area contributed by atoms with Gasteiger partial charge in [0.15, 0.2) is 0 Å². The minimum Gasteiger partial charge on any atom is -0.268 e. The van der Waals surface area contributed by atoms with E-state index in [1.165, 1.54) is 16.7 Å². The van der Waals surface area contributed by atoms with Gasteiger partial charge in [0.05, 0.1) is 15.8 Å². The van der Waals surface area contributed by atoms with Gasteiger partial charge in [-0.25, -0.2) is 4.98 Å².